The van der Waals surface area contributed by atoms with E-state index < -0.39 is 6.04 Å². The van der Waals surface area contributed by atoms with Gasteiger partial charge in [-0.3, -0.25) is 9.59 Å². The summed E-state index contributed by atoms with van der Waals surface area (Å²) in [5, 5.41) is 2.72. The normalized spacial score (nSPS) is 19.0. The molecule has 18 heavy (non-hydrogen) atoms. The van der Waals surface area contributed by atoms with Gasteiger partial charge in [0.2, 0.25) is 11.8 Å². The second-order valence-electron chi connectivity index (χ2n) is 4.19. The van der Waals surface area contributed by atoms with Crippen LogP contribution in [0.2, 0.25) is 0 Å². The molecule has 0 spiro atoms. The minimum absolute atomic E-state index is 0.00912. The van der Waals surface area contributed by atoms with Crippen LogP contribution in [0.25, 0.3) is 0 Å². The minimum atomic E-state index is -0.400. The zero-order chi connectivity index (χ0) is 13.0. The van der Waals surface area contributed by atoms with Crippen LogP contribution in [0.3, 0.4) is 0 Å². The molecule has 1 aliphatic rings. The standard InChI is InChI=1S/C13H16N2O3/c1-2-7-14-13(17)11-5-6-12(16)15(11)9-10-4-3-8-18-10/h2-4,8,11H,1,5-7,9H2,(H,14,17)/t11-/m0/s1. The Bertz CT molecular complexity index is 439. The number of carbonyl (C=O) groups is 2. The molecule has 0 aliphatic carbocycles. The second-order valence-corrected chi connectivity index (χ2v) is 4.19. The van der Waals surface area contributed by atoms with E-state index in [1.54, 1.807) is 29.4 Å². The molecule has 5 heteroatoms. The van der Waals surface area contributed by atoms with Gasteiger partial charge in [-0.05, 0) is 18.6 Å². The number of nitrogens with zero attached hydrogens (tertiary/aromatic N) is 1. The molecule has 0 radical (unpaired) electrons. The van der Waals surface area contributed by atoms with E-state index in [-0.39, 0.29) is 11.8 Å². The van der Waals surface area contributed by atoms with E-state index in [1.807, 2.05) is 0 Å². The van der Waals surface area contributed by atoms with Gasteiger partial charge in [-0.2, -0.15) is 0 Å². The molecule has 0 unspecified atom stereocenters. The van der Waals surface area contributed by atoms with E-state index in [0.29, 0.717) is 31.7 Å². The summed E-state index contributed by atoms with van der Waals surface area (Å²) >= 11 is 0. The van der Waals surface area contributed by atoms with E-state index in [1.165, 1.54) is 0 Å². The van der Waals surface area contributed by atoms with Crippen molar-refractivity contribution in [1.29, 1.82) is 0 Å². The molecule has 2 heterocycles. The van der Waals surface area contributed by atoms with E-state index in [2.05, 4.69) is 11.9 Å². The fraction of sp³-hybridized carbons (Fsp3) is 0.385. The summed E-state index contributed by atoms with van der Waals surface area (Å²) < 4.78 is 5.21. The van der Waals surface area contributed by atoms with Crippen molar-refractivity contribution in [2.24, 2.45) is 0 Å². The molecule has 2 amide bonds. The van der Waals surface area contributed by atoms with Crippen LogP contribution in [0.4, 0.5) is 0 Å². The summed E-state index contributed by atoms with van der Waals surface area (Å²) in [6.45, 7) is 4.30. The first kappa shape index (κ1) is 12.4. The van der Waals surface area contributed by atoms with Gasteiger partial charge >= 0.3 is 0 Å². The maximum Gasteiger partial charge on any atom is 0.243 e. The Morgan fingerprint density at radius 2 is 2.50 bits per heavy atom. The van der Waals surface area contributed by atoms with Gasteiger partial charge in [0.05, 0.1) is 12.8 Å². The number of rotatable bonds is 5. The molecule has 1 N–H and O–H groups in total. The fourth-order valence-electron chi connectivity index (χ4n) is 2.07. The van der Waals surface area contributed by atoms with E-state index in [0.717, 1.165) is 0 Å². The van der Waals surface area contributed by atoms with Gasteiger partial charge in [0.1, 0.15) is 11.8 Å². The summed E-state index contributed by atoms with van der Waals surface area (Å²) in [4.78, 5) is 25.2. The number of carbonyl (C=O) groups excluding carboxylic acids is 2. The first-order valence-corrected chi connectivity index (χ1v) is 5.93. The maximum absolute atomic E-state index is 11.9. The highest BCUT2D eigenvalue weighted by Crippen LogP contribution is 2.21. The third kappa shape index (κ3) is 2.61. The highest BCUT2D eigenvalue weighted by atomic mass is 16.3. The lowest BCUT2D eigenvalue weighted by molar-refractivity contribution is -0.135. The smallest absolute Gasteiger partial charge is 0.243 e. The summed E-state index contributed by atoms with van der Waals surface area (Å²) in [6.07, 6.45) is 4.14. The third-order valence-electron chi connectivity index (χ3n) is 2.96. The van der Waals surface area contributed by atoms with Crippen molar-refractivity contribution >= 4 is 11.8 Å². The summed E-state index contributed by atoms with van der Waals surface area (Å²) in [6, 6.07) is 3.16. The molecule has 1 saturated heterocycles. The van der Waals surface area contributed by atoms with Gasteiger partial charge in [-0.25, -0.2) is 0 Å². The quantitative estimate of drug-likeness (QED) is 0.793. The predicted molar refractivity (Wildman–Crippen MR) is 65.5 cm³/mol. The van der Waals surface area contributed by atoms with Crippen LogP contribution in [0.15, 0.2) is 35.5 Å². The van der Waals surface area contributed by atoms with Crippen LogP contribution >= 0.6 is 0 Å². The lowest BCUT2D eigenvalue weighted by atomic mass is 10.2. The molecule has 1 aromatic heterocycles. The molecular weight excluding hydrogens is 232 g/mol. The number of hydrogen-bond acceptors (Lipinski definition) is 3. The van der Waals surface area contributed by atoms with Crippen molar-refractivity contribution in [3.8, 4) is 0 Å². The van der Waals surface area contributed by atoms with Gasteiger partial charge in [0.25, 0.3) is 0 Å². The Morgan fingerprint density at radius 3 is 3.17 bits per heavy atom. The second kappa shape index (κ2) is 5.53. The molecule has 1 atom stereocenters. The van der Waals surface area contributed by atoms with Gasteiger partial charge in [-0.1, -0.05) is 6.08 Å². The highest BCUT2D eigenvalue weighted by Gasteiger charge is 2.36. The Labute approximate surface area is 105 Å². The number of amides is 2. The minimum Gasteiger partial charge on any atom is -0.467 e. The molecule has 1 aliphatic heterocycles. The largest absolute Gasteiger partial charge is 0.467 e. The van der Waals surface area contributed by atoms with Crippen molar-refractivity contribution in [2.45, 2.75) is 25.4 Å². The monoisotopic (exact) mass is 248 g/mol. The molecule has 0 aromatic carbocycles. The van der Waals surface area contributed by atoms with E-state index >= 15 is 0 Å². The molecule has 0 saturated carbocycles. The lowest BCUT2D eigenvalue weighted by Gasteiger charge is -2.22. The topological polar surface area (TPSA) is 62.6 Å². The average molecular weight is 248 g/mol. The Kier molecular flexibility index (Phi) is 3.82. The summed E-state index contributed by atoms with van der Waals surface area (Å²) in [5.74, 6) is 0.546. The van der Waals surface area contributed by atoms with Gasteiger partial charge in [-0.15, -0.1) is 6.58 Å². The zero-order valence-corrected chi connectivity index (χ0v) is 10.1. The van der Waals surface area contributed by atoms with Crippen LogP contribution in [-0.4, -0.2) is 29.3 Å². The molecule has 1 aromatic rings. The zero-order valence-electron chi connectivity index (χ0n) is 10.1. The number of likely N-dealkylation sites (tertiary alicyclic amines) is 1. The van der Waals surface area contributed by atoms with Crippen LogP contribution in [0.1, 0.15) is 18.6 Å². The molecular formula is C13H16N2O3. The van der Waals surface area contributed by atoms with Crippen LogP contribution in [0.5, 0.6) is 0 Å². The highest BCUT2D eigenvalue weighted by molar-refractivity contribution is 5.90. The molecule has 2 rings (SSSR count). The van der Waals surface area contributed by atoms with Crippen molar-refractivity contribution in [1.82, 2.24) is 10.2 Å². The number of hydrogen-bond donors (Lipinski definition) is 1. The summed E-state index contributed by atoms with van der Waals surface area (Å²) in [7, 11) is 0. The van der Waals surface area contributed by atoms with Crippen molar-refractivity contribution in [2.75, 3.05) is 6.54 Å². The first-order valence-electron chi connectivity index (χ1n) is 5.93. The predicted octanol–water partition coefficient (Wildman–Crippen LogP) is 1.07. The van der Waals surface area contributed by atoms with Gasteiger partial charge in [0, 0.05) is 13.0 Å². The Morgan fingerprint density at radius 1 is 1.67 bits per heavy atom. The molecule has 0 bridgehead atoms. The Balaban J connectivity index is 2.03. The van der Waals surface area contributed by atoms with Gasteiger partial charge < -0.3 is 14.6 Å². The van der Waals surface area contributed by atoms with Crippen molar-refractivity contribution in [3.05, 3.63) is 36.8 Å². The molecule has 1 fully saturated rings. The number of furan rings is 1. The molecule has 5 nitrogen and oxygen atoms in total. The van der Waals surface area contributed by atoms with Crippen molar-refractivity contribution < 1.29 is 14.0 Å². The van der Waals surface area contributed by atoms with E-state index in [9.17, 15) is 9.59 Å². The van der Waals surface area contributed by atoms with Crippen LogP contribution in [0, 0.1) is 0 Å². The lowest BCUT2D eigenvalue weighted by Crippen LogP contribution is -2.44. The van der Waals surface area contributed by atoms with Gasteiger partial charge in [0.15, 0.2) is 0 Å². The summed E-state index contributed by atoms with van der Waals surface area (Å²) in [5.41, 5.74) is 0. The van der Waals surface area contributed by atoms with Crippen LogP contribution in [-0.2, 0) is 16.1 Å². The molecule has 96 valence electrons. The first-order chi connectivity index (χ1) is 8.72. The third-order valence-corrected chi connectivity index (χ3v) is 2.96. The van der Waals surface area contributed by atoms with E-state index in [4.69, 9.17) is 4.42 Å². The SMILES string of the molecule is C=CCNC(=O)[C@@H]1CCC(=O)N1Cc1ccco1. The fourth-order valence-corrected chi connectivity index (χ4v) is 2.07. The number of nitrogens with one attached hydrogen (secondary N) is 1. The van der Waals surface area contributed by atoms with Crippen molar-refractivity contribution in [3.63, 3.8) is 0 Å². The van der Waals surface area contributed by atoms with Crippen LogP contribution < -0.4 is 5.32 Å². The Hall–Kier alpha value is -2.04. The maximum atomic E-state index is 11.9. The average Bonchev–Trinajstić information content (AvgIpc) is 2.98.